The number of aromatic amines is 1. The number of nitrogens with one attached hydrogen (secondary N) is 1. The van der Waals surface area contributed by atoms with Crippen LogP contribution in [0.1, 0.15) is 0 Å². The van der Waals surface area contributed by atoms with E-state index in [4.69, 9.17) is 0 Å². The average Bonchev–Trinajstić information content (AvgIpc) is 2.59. The lowest BCUT2D eigenvalue weighted by Crippen LogP contribution is -2.01. The van der Waals surface area contributed by atoms with Crippen molar-refractivity contribution in [1.29, 1.82) is 0 Å². The van der Waals surface area contributed by atoms with E-state index < -0.39 is 0 Å². The molecule has 10 heavy (non-hydrogen) atoms. The molecule has 0 unspecified atom stereocenters. The summed E-state index contributed by atoms with van der Waals surface area (Å²) in [5.74, 6) is 0.282. The SMILES string of the molecule is n1n[nH]c(-n2nnnn2)n1. The highest BCUT2D eigenvalue weighted by molar-refractivity contribution is 4.93. The molecule has 2 heterocycles. The molecule has 0 aliphatic heterocycles. The Labute approximate surface area is 53.4 Å². The Morgan fingerprint density at radius 3 is 2.50 bits per heavy atom. The smallest absolute Gasteiger partial charge is 0.222 e. The van der Waals surface area contributed by atoms with Crippen LogP contribution in [-0.4, -0.2) is 46.3 Å². The third-order valence-corrected chi connectivity index (χ3v) is 0.813. The zero-order valence-electron chi connectivity index (χ0n) is 4.58. The Morgan fingerprint density at radius 2 is 1.90 bits per heavy atom. The maximum Gasteiger partial charge on any atom is 0.288 e. The van der Waals surface area contributed by atoms with E-state index in [0.29, 0.717) is 0 Å². The van der Waals surface area contributed by atoms with Gasteiger partial charge < -0.3 is 0 Å². The van der Waals surface area contributed by atoms with Crippen LogP contribution in [-0.2, 0) is 0 Å². The molecular weight excluding hydrogens is 138 g/mol. The Hall–Kier alpha value is -1.93. The van der Waals surface area contributed by atoms with Crippen LogP contribution in [0.2, 0.25) is 0 Å². The minimum Gasteiger partial charge on any atom is -0.222 e. The van der Waals surface area contributed by atoms with Crippen LogP contribution < -0.4 is 0 Å². The van der Waals surface area contributed by atoms with Gasteiger partial charge in [0.15, 0.2) is 0 Å². The third-order valence-electron chi connectivity index (χ3n) is 0.813. The summed E-state index contributed by atoms with van der Waals surface area (Å²) in [7, 11) is 0. The van der Waals surface area contributed by atoms with E-state index in [1.165, 1.54) is 0 Å². The molecule has 0 spiro atoms. The summed E-state index contributed by atoms with van der Waals surface area (Å²) in [6.07, 6.45) is 0. The molecule has 0 radical (unpaired) electrons. The highest BCUT2D eigenvalue weighted by atomic mass is 15.7. The van der Waals surface area contributed by atoms with Crippen molar-refractivity contribution in [2.45, 2.75) is 0 Å². The van der Waals surface area contributed by atoms with Gasteiger partial charge in [0.25, 0.3) is 5.95 Å². The summed E-state index contributed by atoms with van der Waals surface area (Å²) < 4.78 is 0. The van der Waals surface area contributed by atoms with Gasteiger partial charge in [0.1, 0.15) is 0 Å². The topological polar surface area (TPSA) is 111 Å². The van der Waals surface area contributed by atoms with Gasteiger partial charge in [-0.2, -0.15) is 0 Å². The number of rotatable bonds is 1. The summed E-state index contributed by atoms with van der Waals surface area (Å²) in [5.41, 5.74) is 0. The summed E-state index contributed by atoms with van der Waals surface area (Å²) >= 11 is 0. The summed E-state index contributed by atoms with van der Waals surface area (Å²) in [5, 5.41) is 25.8. The van der Waals surface area contributed by atoms with E-state index in [1.807, 2.05) is 0 Å². The molecule has 0 bridgehead atoms. The average molecular weight is 139 g/mol. The normalized spacial score (nSPS) is 10.0. The first-order chi connectivity index (χ1) is 4.97. The maximum absolute atomic E-state index is 3.50. The molecule has 1 N–H and O–H groups in total. The molecule has 0 aromatic carbocycles. The minimum absolute atomic E-state index is 0.282. The highest BCUT2D eigenvalue weighted by Crippen LogP contribution is 1.83. The van der Waals surface area contributed by atoms with Crippen LogP contribution in [0.3, 0.4) is 0 Å². The second kappa shape index (κ2) is 1.79. The van der Waals surface area contributed by atoms with Crippen LogP contribution in [0.4, 0.5) is 0 Å². The Balaban J connectivity index is 2.48. The summed E-state index contributed by atoms with van der Waals surface area (Å²) in [6.45, 7) is 0. The maximum atomic E-state index is 3.50. The quantitative estimate of drug-likeness (QED) is 0.467. The zero-order valence-corrected chi connectivity index (χ0v) is 4.58. The lowest BCUT2D eigenvalue weighted by molar-refractivity contribution is 0.672. The van der Waals surface area contributed by atoms with Gasteiger partial charge >= 0.3 is 0 Å². The molecule has 2 aromatic heterocycles. The summed E-state index contributed by atoms with van der Waals surface area (Å²) in [6, 6.07) is 0. The Kier molecular flexibility index (Phi) is 0.877. The number of H-pyrrole nitrogens is 1. The first kappa shape index (κ1) is 4.90. The Morgan fingerprint density at radius 1 is 1.10 bits per heavy atom. The third kappa shape index (κ3) is 0.604. The number of tetrazole rings is 1. The molecule has 2 rings (SSSR count). The van der Waals surface area contributed by atoms with Crippen molar-refractivity contribution in [3.05, 3.63) is 0 Å². The largest absolute Gasteiger partial charge is 0.288 e. The van der Waals surface area contributed by atoms with Crippen LogP contribution in [0.15, 0.2) is 0 Å². The Bertz CT molecular complexity index is 244. The number of nitrogens with zero attached hydrogens (tertiary/aromatic N) is 8. The number of hydrogen-bond donors (Lipinski definition) is 1. The first-order valence-electron chi connectivity index (χ1n) is 2.32. The van der Waals surface area contributed by atoms with Crippen LogP contribution in [0.5, 0.6) is 0 Å². The standard InChI is InChI=1S/CHN9/c2-1(3-5-4-2)10-8-6-7-9-10/h(H,2,3,4,5). The van der Waals surface area contributed by atoms with Gasteiger partial charge in [0.2, 0.25) is 0 Å². The fraction of sp³-hybridized carbons (Fsp3) is 0. The van der Waals surface area contributed by atoms with Gasteiger partial charge in [-0.15, -0.1) is 0 Å². The summed E-state index contributed by atoms with van der Waals surface area (Å²) in [4.78, 5) is 1.07. The molecule has 0 amide bonds. The first-order valence-corrected chi connectivity index (χ1v) is 2.32. The van der Waals surface area contributed by atoms with E-state index in [9.17, 15) is 0 Å². The van der Waals surface area contributed by atoms with Gasteiger partial charge in [0.05, 0.1) is 0 Å². The predicted molar refractivity (Wildman–Crippen MR) is 24.7 cm³/mol. The molecule has 0 fully saturated rings. The second-order valence-electron chi connectivity index (χ2n) is 1.37. The highest BCUT2D eigenvalue weighted by Gasteiger charge is 2.00. The van der Waals surface area contributed by atoms with Gasteiger partial charge in [-0.05, 0) is 31.3 Å². The fourth-order valence-corrected chi connectivity index (χ4v) is 0.453. The molecule has 0 saturated heterocycles. The molecule has 0 atom stereocenters. The zero-order chi connectivity index (χ0) is 6.81. The monoisotopic (exact) mass is 139 g/mol. The van der Waals surface area contributed by atoms with E-state index >= 15 is 0 Å². The molecule has 50 valence electrons. The van der Waals surface area contributed by atoms with Crippen molar-refractivity contribution in [1.82, 2.24) is 46.3 Å². The van der Waals surface area contributed by atoms with E-state index in [1.54, 1.807) is 0 Å². The van der Waals surface area contributed by atoms with Crippen molar-refractivity contribution < 1.29 is 0 Å². The molecule has 2 aromatic rings. The minimum atomic E-state index is 0.282. The lowest BCUT2D eigenvalue weighted by atomic mass is 11.1. The van der Waals surface area contributed by atoms with Crippen molar-refractivity contribution in [2.75, 3.05) is 0 Å². The van der Waals surface area contributed by atoms with Crippen LogP contribution in [0.25, 0.3) is 5.95 Å². The molecule has 0 aliphatic carbocycles. The van der Waals surface area contributed by atoms with Crippen LogP contribution in [0, 0.1) is 0 Å². The molecular formula is CHN9. The van der Waals surface area contributed by atoms with Crippen molar-refractivity contribution >= 4 is 0 Å². The lowest BCUT2D eigenvalue weighted by Gasteiger charge is -1.81. The van der Waals surface area contributed by atoms with E-state index in [-0.39, 0.29) is 5.95 Å². The van der Waals surface area contributed by atoms with Crippen molar-refractivity contribution in [2.24, 2.45) is 0 Å². The van der Waals surface area contributed by atoms with Gasteiger partial charge in [-0.25, -0.2) is 5.10 Å². The van der Waals surface area contributed by atoms with Crippen molar-refractivity contribution in [3.8, 4) is 5.95 Å². The second-order valence-corrected chi connectivity index (χ2v) is 1.37. The van der Waals surface area contributed by atoms with E-state index in [2.05, 4.69) is 41.5 Å². The predicted octanol–water partition coefficient (Wildman–Crippen LogP) is -2.43. The van der Waals surface area contributed by atoms with Crippen molar-refractivity contribution in [3.63, 3.8) is 0 Å². The molecule has 0 aliphatic rings. The van der Waals surface area contributed by atoms with Crippen LogP contribution >= 0.6 is 0 Å². The number of aromatic nitrogens is 9. The molecule has 0 saturated carbocycles. The molecule has 9 nitrogen and oxygen atoms in total. The van der Waals surface area contributed by atoms with Gasteiger partial charge in [-0.3, -0.25) is 0 Å². The molecule has 9 heteroatoms. The number of hydrogen-bond acceptors (Lipinski definition) is 7. The van der Waals surface area contributed by atoms with Gasteiger partial charge in [-0.1, -0.05) is 9.90 Å². The fourth-order valence-electron chi connectivity index (χ4n) is 0.453. The van der Waals surface area contributed by atoms with Gasteiger partial charge in [0, 0.05) is 0 Å². The van der Waals surface area contributed by atoms with E-state index in [0.717, 1.165) is 4.80 Å².